The number of hydrogen-bond acceptors (Lipinski definition) is 8. The molecule has 0 aliphatic carbocycles. The van der Waals surface area contributed by atoms with Crippen molar-refractivity contribution in [1.82, 2.24) is 23.8 Å². The van der Waals surface area contributed by atoms with Crippen molar-refractivity contribution in [2.45, 2.75) is 33.7 Å². The second-order valence-corrected chi connectivity index (χ2v) is 8.91. The Morgan fingerprint density at radius 2 is 2.10 bits per heavy atom. The van der Waals surface area contributed by atoms with Crippen molar-refractivity contribution in [3.63, 3.8) is 0 Å². The average molecular weight is 426 g/mol. The van der Waals surface area contributed by atoms with Crippen LogP contribution in [-0.2, 0) is 21.5 Å². The lowest BCUT2D eigenvalue weighted by molar-refractivity contribution is 0.0973. The number of carbonyl (C=O) groups is 1. The van der Waals surface area contributed by atoms with Crippen molar-refractivity contribution in [3.8, 4) is 0 Å². The minimum atomic E-state index is -3.98. The number of ether oxygens (including phenoxy) is 1. The molecule has 2 N–H and O–H groups in total. The summed E-state index contributed by atoms with van der Waals surface area (Å²) in [5.41, 5.74) is 0.738. The number of amides is 1. The van der Waals surface area contributed by atoms with Gasteiger partial charge in [-0.05, 0) is 19.3 Å². The fourth-order valence-corrected chi connectivity index (χ4v) is 4.00. The van der Waals surface area contributed by atoms with Crippen LogP contribution in [0.2, 0.25) is 0 Å². The summed E-state index contributed by atoms with van der Waals surface area (Å²) in [6.07, 6.45) is 3.56. The van der Waals surface area contributed by atoms with Gasteiger partial charge in [0.05, 0.1) is 6.61 Å². The van der Waals surface area contributed by atoms with Gasteiger partial charge in [-0.1, -0.05) is 13.8 Å². The third kappa shape index (κ3) is 5.55. The molecule has 3 rings (SSSR count). The largest absolute Gasteiger partial charge is 0.431 e. The monoisotopic (exact) mass is 426 g/mol. The van der Waals surface area contributed by atoms with Gasteiger partial charge in [0.2, 0.25) is 0 Å². The molecule has 0 unspecified atom stereocenters. The highest BCUT2D eigenvalue weighted by molar-refractivity contribution is 7.87. The van der Waals surface area contributed by atoms with Crippen LogP contribution in [0.1, 0.15) is 36.3 Å². The van der Waals surface area contributed by atoms with Crippen LogP contribution in [-0.4, -0.2) is 59.7 Å². The standard InChI is InChI=1S/C17H26N6O5S/c1-12(2)9-22-10-13(3)15(20-22)19-17-18-14(11-28-17)16(24)21-29(25,26)23-5-4-7-27-8-6-23/h10-12H,4-9H2,1-3H3,(H,21,24)(H,18,19,20). The Balaban J connectivity index is 1.65. The van der Waals surface area contributed by atoms with E-state index in [9.17, 15) is 13.2 Å². The number of aryl methyl sites for hydroxylation is 1. The number of nitrogens with zero attached hydrogens (tertiary/aromatic N) is 4. The molecule has 0 aromatic carbocycles. The highest BCUT2D eigenvalue weighted by atomic mass is 32.2. The smallest absolute Gasteiger partial charge is 0.304 e. The molecule has 11 nitrogen and oxygen atoms in total. The van der Waals surface area contributed by atoms with Crippen LogP contribution in [0.3, 0.4) is 0 Å². The van der Waals surface area contributed by atoms with Crippen LogP contribution in [0.5, 0.6) is 0 Å². The zero-order valence-corrected chi connectivity index (χ0v) is 17.5. The highest BCUT2D eigenvalue weighted by Crippen LogP contribution is 2.19. The molecular weight excluding hydrogens is 400 g/mol. The molecule has 0 radical (unpaired) electrons. The maximum Gasteiger partial charge on any atom is 0.304 e. The number of anilines is 2. The van der Waals surface area contributed by atoms with Gasteiger partial charge in [0.15, 0.2) is 11.5 Å². The van der Waals surface area contributed by atoms with Crippen molar-refractivity contribution in [2.24, 2.45) is 5.92 Å². The van der Waals surface area contributed by atoms with Crippen molar-refractivity contribution in [2.75, 3.05) is 31.6 Å². The summed E-state index contributed by atoms with van der Waals surface area (Å²) in [7, 11) is -3.98. The average Bonchev–Trinajstić information content (AvgIpc) is 3.10. The topological polar surface area (TPSA) is 132 Å². The summed E-state index contributed by atoms with van der Waals surface area (Å²) in [5, 5.41) is 7.33. The number of oxazole rings is 1. The Hall–Kier alpha value is -2.44. The molecule has 1 aliphatic rings. The summed E-state index contributed by atoms with van der Waals surface area (Å²) in [6.45, 7) is 8.09. The Kier molecular flexibility index (Phi) is 6.55. The molecule has 29 heavy (non-hydrogen) atoms. The zero-order chi connectivity index (χ0) is 21.0. The molecule has 0 saturated carbocycles. The lowest BCUT2D eigenvalue weighted by Gasteiger charge is -2.18. The molecule has 1 fully saturated rings. The Morgan fingerprint density at radius 3 is 2.86 bits per heavy atom. The van der Waals surface area contributed by atoms with Crippen LogP contribution in [0.25, 0.3) is 0 Å². The van der Waals surface area contributed by atoms with E-state index in [4.69, 9.17) is 9.15 Å². The van der Waals surface area contributed by atoms with E-state index in [1.807, 2.05) is 22.5 Å². The quantitative estimate of drug-likeness (QED) is 0.677. The van der Waals surface area contributed by atoms with Crippen molar-refractivity contribution < 1.29 is 22.4 Å². The second-order valence-electron chi connectivity index (χ2n) is 7.24. The SMILES string of the molecule is Cc1cn(CC(C)C)nc1Nc1nc(C(=O)NS(=O)(=O)N2CCCOCC2)co1. The number of aromatic nitrogens is 3. The van der Waals surface area contributed by atoms with Gasteiger partial charge < -0.3 is 9.15 Å². The van der Waals surface area contributed by atoms with E-state index in [2.05, 4.69) is 29.2 Å². The number of carbonyl (C=O) groups excluding carboxylic acids is 1. The van der Waals surface area contributed by atoms with E-state index in [1.165, 1.54) is 4.31 Å². The van der Waals surface area contributed by atoms with Gasteiger partial charge in [0.1, 0.15) is 6.26 Å². The summed E-state index contributed by atoms with van der Waals surface area (Å²) in [6, 6.07) is 0.0496. The van der Waals surface area contributed by atoms with Gasteiger partial charge in [0, 0.05) is 38.0 Å². The molecule has 1 aliphatic heterocycles. The first-order valence-corrected chi connectivity index (χ1v) is 10.8. The molecular formula is C17H26N6O5S. The van der Waals surface area contributed by atoms with E-state index in [0.29, 0.717) is 24.8 Å². The molecule has 3 heterocycles. The van der Waals surface area contributed by atoms with Crippen molar-refractivity contribution in [3.05, 3.63) is 23.7 Å². The first-order valence-electron chi connectivity index (χ1n) is 9.41. The molecule has 160 valence electrons. The fraction of sp³-hybridized carbons (Fsp3) is 0.588. The Labute approximate surface area is 169 Å². The van der Waals surface area contributed by atoms with Gasteiger partial charge >= 0.3 is 16.2 Å². The van der Waals surface area contributed by atoms with E-state index in [1.54, 1.807) is 0 Å². The molecule has 0 atom stereocenters. The lowest BCUT2D eigenvalue weighted by Crippen LogP contribution is -2.44. The normalized spacial score (nSPS) is 16.0. The third-order valence-corrected chi connectivity index (χ3v) is 5.69. The predicted octanol–water partition coefficient (Wildman–Crippen LogP) is 1.28. The van der Waals surface area contributed by atoms with Gasteiger partial charge in [-0.2, -0.15) is 22.8 Å². The molecule has 12 heteroatoms. The van der Waals surface area contributed by atoms with E-state index in [0.717, 1.165) is 18.4 Å². The predicted molar refractivity (Wildman–Crippen MR) is 105 cm³/mol. The van der Waals surface area contributed by atoms with Crippen LogP contribution in [0.15, 0.2) is 16.9 Å². The number of rotatable bonds is 7. The summed E-state index contributed by atoms with van der Waals surface area (Å²) in [5.74, 6) is 0.127. The summed E-state index contributed by atoms with van der Waals surface area (Å²) < 4.78 is 40.3. The van der Waals surface area contributed by atoms with Gasteiger partial charge in [0.25, 0.3) is 5.91 Å². The zero-order valence-electron chi connectivity index (χ0n) is 16.7. The molecule has 0 bridgehead atoms. The minimum absolute atomic E-state index is 0.0496. The van der Waals surface area contributed by atoms with Crippen molar-refractivity contribution >= 4 is 27.9 Å². The lowest BCUT2D eigenvalue weighted by atomic mass is 10.2. The highest BCUT2D eigenvalue weighted by Gasteiger charge is 2.27. The van der Waals surface area contributed by atoms with Crippen LogP contribution >= 0.6 is 0 Å². The van der Waals surface area contributed by atoms with Gasteiger partial charge in [-0.3, -0.25) is 14.8 Å². The molecule has 1 saturated heterocycles. The molecule has 1 amide bonds. The molecule has 2 aromatic rings. The van der Waals surface area contributed by atoms with Crippen LogP contribution in [0, 0.1) is 12.8 Å². The van der Waals surface area contributed by atoms with Gasteiger partial charge in [-0.25, -0.2) is 4.72 Å². The second kappa shape index (κ2) is 8.93. The van der Waals surface area contributed by atoms with E-state index < -0.39 is 16.1 Å². The number of hydrogen-bond donors (Lipinski definition) is 2. The Morgan fingerprint density at radius 1 is 1.31 bits per heavy atom. The third-order valence-electron chi connectivity index (χ3n) is 4.20. The number of nitrogens with one attached hydrogen (secondary N) is 2. The summed E-state index contributed by atoms with van der Waals surface area (Å²) >= 11 is 0. The maximum absolute atomic E-state index is 12.4. The molecule has 2 aromatic heterocycles. The Bertz CT molecular complexity index is 943. The fourth-order valence-electron chi connectivity index (χ4n) is 2.85. The minimum Gasteiger partial charge on any atom is -0.431 e. The first-order chi connectivity index (χ1) is 13.7. The van der Waals surface area contributed by atoms with Crippen LogP contribution in [0.4, 0.5) is 11.8 Å². The van der Waals surface area contributed by atoms with E-state index in [-0.39, 0.29) is 31.4 Å². The molecule has 0 spiro atoms. The maximum atomic E-state index is 12.4. The van der Waals surface area contributed by atoms with E-state index >= 15 is 0 Å². The van der Waals surface area contributed by atoms with Crippen LogP contribution < -0.4 is 10.0 Å². The van der Waals surface area contributed by atoms with Crippen molar-refractivity contribution in [1.29, 1.82) is 0 Å². The summed E-state index contributed by atoms with van der Waals surface area (Å²) in [4.78, 5) is 16.3. The first kappa shape index (κ1) is 21.3. The van der Waals surface area contributed by atoms with Gasteiger partial charge in [-0.15, -0.1) is 0 Å².